The van der Waals surface area contributed by atoms with E-state index in [0.717, 1.165) is 37.9 Å². The predicted octanol–water partition coefficient (Wildman–Crippen LogP) is 3.21. The molecular formula is C22H26N2O3. The van der Waals surface area contributed by atoms with Gasteiger partial charge < -0.3 is 9.88 Å². The molecule has 1 saturated heterocycles. The fourth-order valence-corrected chi connectivity index (χ4v) is 3.62. The number of aromatic nitrogens is 1. The second-order valence-electron chi connectivity index (χ2n) is 7.23. The van der Waals surface area contributed by atoms with Gasteiger partial charge in [0.05, 0.1) is 0 Å². The average molecular weight is 366 g/mol. The Balaban J connectivity index is 1.37. The van der Waals surface area contributed by atoms with Crippen LogP contribution in [-0.2, 0) is 11.2 Å². The van der Waals surface area contributed by atoms with Crippen LogP contribution in [0.4, 0.5) is 0 Å². The van der Waals surface area contributed by atoms with E-state index < -0.39 is 0 Å². The molecule has 0 spiro atoms. The molecule has 1 aliphatic rings. The van der Waals surface area contributed by atoms with Gasteiger partial charge in [0.1, 0.15) is 0 Å². The van der Waals surface area contributed by atoms with Crippen LogP contribution in [0.1, 0.15) is 48.0 Å². The third-order valence-corrected chi connectivity index (χ3v) is 5.23. The number of pyridine rings is 1. The first kappa shape index (κ1) is 19.1. The first-order valence-corrected chi connectivity index (χ1v) is 9.65. The number of hydrogen-bond donors (Lipinski definition) is 1. The van der Waals surface area contributed by atoms with Crippen molar-refractivity contribution in [1.29, 1.82) is 0 Å². The van der Waals surface area contributed by atoms with Gasteiger partial charge in [0.15, 0.2) is 5.78 Å². The highest BCUT2D eigenvalue weighted by molar-refractivity contribution is 5.96. The zero-order chi connectivity index (χ0) is 19.1. The number of Topliss-reactive ketones (excluding diaryl/α,β-unsaturated/α-hetero) is 1. The van der Waals surface area contributed by atoms with Crippen molar-refractivity contribution >= 4 is 11.7 Å². The highest BCUT2D eigenvalue weighted by Crippen LogP contribution is 2.22. The number of carbonyl (C=O) groups is 2. The van der Waals surface area contributed by atoms with Crippen LogP contribution in [0, 0.1) is 5.92 Å². The summed E-state index contributed by atoms with van der Waals surface area (Å²) in [6.07, 6.45) is 6.13. The Morgan fingerprint density at radius 3 is 2.41 bits per heavy atom. The summed E-state index contributed by atoms with van der Waals surface area (Å²) in [7, 11) is 0. The number of rotatable bonds is 7. The number of nitrogens with zero attached hydrogens (tertiary/aromatic N) is 1. The number of amides is 1. The van der Waals surface area contributed by atoms with Crippen molar-refractivity contribution in [2.75, 3.05) is 13.1 Å². The van der Waals surface area contributed by atoms with Gasteiger partial charge in [0.2, 0.25) is 11.5 Å². The number of nitrogens with one attached hydrogen (secondary N) is 1. The lowest BCUT2D eigenvalue weighted by molar-refractivity contribution is -0.132. The molecule has 1 amide bonds. The normalized spacial score (nSPS) is 14.9. The highest BCUT2D eigenvalue weighted by atomic mass is 16.2. The monoisotopic (exact) mass is 366 g/mol. The van der Waals surface area contributed by atoms with Crippen LogP contribution in [0.2, 0.25) is 0 Å². The van der Waals surface area contributed by atoms with Gasteiger partial charge in [-0.25, -0.2) is 0 Å². The molecule has 1 aliphatic heterocycles. The maximum Gasteiger partial charge on any atom is 0.247 e. The molecule has 0 atom stereocenters. The first-order valence-electron chi connectivity index (χ1n) is 9.65. The number of benzene rings is 1. The molecule has 1 fully saturated rings. The smallest absolute Gasteiger partial charge is 0.247 e. The Labute approximate surface area is 159 Å². The van der Waals surface area contributed by atoms with Crippen LogP contribution in [0.5, 0.6) is 0 Å². The number of ketones is 1. The van der Waals surface area contributed by atoms with Crippen molar-refractivity contribution < 1.29 is 9.59 Å². The Morgan fingerprint density at radius 2 is 1.74 bits per heavy atom. The Hall–Kier alpha value is -2.69. The minimum Gasteiger partial charge on any atom is -0.343 e. The second-order valence-corrected chi connectivity index (χ2v) is 7.23. The van der Waals surface area contributed by atoms with Crippen LogP contribution in [0.15, 0.2) is 53.5 Å². The van der Waals surface area contributed by atoms with Crippen molar-refractivity contribution in [1.82, 2.24) is 9.88 Å². The molecule has 142 valence electrons. The fourth-order valence-electron chi connectivity index (χ4n) is 3.62. The van der Waals surface area contributed by atoms with Crippen LogP contribution >= 0.6 is 0 Å². The van der Waals surface area contributed by atoms with Crippen molar-refractivity contribution in [3.8, 4) is 0 Å². The van der Waals surface area contributed by atoms with E-state index >= 15 is 0 Å². The first-order chi connectivity index (χ1) is 13.1. The summed E-state index contributed by atoms with van der Waals surface area (Å²) in [5.41, 5.74) is 1.77. The van der Waals surface area contributed by atoms with Gasteiger partial charge >= 0.3 is 0 Å². The van der Waals surface area contributed by atoms with Gasteiger partial charge in [0, 0.05) is 43.8 Å². The summed E-state index contributed by atoms with van der Waals surface area (Å²) in [6.45, 7) is 1.55. The minimum absolute atomic E-state index is 0.0788. The molecule has 1 N–H and O–H groups in total. The van der Waals surface area contributed by atoms with Crippen molar-refractivity contribution in [3.05, 3.63) is 70.1 Å². The van der Waals surface area contributed by atoms with E-state index in [2.05, 4.69) is 4.98 Å². The van der Waals surface area contributed by atoms with E-state index in [9.17, 15) is 14.4 Å². The summed E-state index contributed by atoms with van der Waals surface area (Å²) in [4.78, 5) is 40.2. The van der Waals surface area contributed by atoms with Gasteiger partial charge in [-0.2, -0.15) is 0 Å². The molecule has 0 unspecified atom stereocenters. The Bertz CT molecular complexity index is 800. The summed E-state index contributed by atoms with van der Waals surface area (Å²) >= 11 is 0. The Morgan fingerprint density at radius 1 is 1.00 bits per heavy atom. The lowest BCUT2D eigenvalue weighted by Crippen LogP contribution is -2.38. The fraction of sp³-hybridized carbons (Fsp3) is 0.409. The number of aromatic amines is 1. The van der Waals surface area contributed by atoms with E-state index in [1.54, 1.807) is 12.3 Å². The van der Waals surface area contributed by atoms with Crippen molar-refractivity contribution in [3.63, 3.8) is 0 Å². The van der Waals surface area contributed by atoms with Crippen LogP contribution in [0.25, 0.3) is 0 Å². The highest BCUT2D eigenvalue weighted by Gasteiger charge is 2.22. The summed E-state index contributed by atoms with van der Waals surface area (Å²) in [5.74, 6) is 0.793. The quantitative estimate of drug-likeness (QED) is 0.765. The molecule has 1 aromatic heterocycles. The lowest BCUT2D eigenvalue weighted by atomic mass is 9.90. The maximum absolute atomic E-state index is 12.4. The van der Waals surface area contributed by atoms with E-state index in [1.165, 1.54) is 0 Å². The van der Waals surface area contributed by atoms with Gasteiger partial charge in [-0.15, -0.1) is 0 Å². The van der Waals surface area contributed by atoms with Crippen LogP contribution < -0.4 is 5.56 Å². The topological polar surface area (TPSA) is 70.2 Å². The molecule has 5 nitrogen and oxygen atoms in total. The maximum atomic E-state index is 12.4. The SMILES string of the molecule is O=C(CCCC(=O)N1CCC(Cc2ccc(=O)[nH]c2)CC1)c1ccccc1. The molecule has 2 heterocycles. The molecule has 0 aliphatic carbocycles. The largest absolute Gasteiger partial charge is 0.343 e. The molecule has 0 bridgehead atoms. The van der Waals surface area contributed by atoms with E-state index in [0.29, 0.717) is 30.7 Å². The van der Waals surface area contributed by atoms with Crippen molar-refractivity contribution in [2.24, 2.45) is 5.92 Å². The molecule has 3 rings (SSSR count). The number of hydrogen-bond acceptors (Lipinski definition) is 3. The van der Waals surface area contributed by atoms with Gasteiger partial charge in [-0.3, -0.25) is 14.4 Å². The van der Waals surface area contributed by atoms with E-state index in [4.69, 9.17) is 0 Å². The van der Waals surface area contributed by atoms with Crippen LogP contribution in [-0.4, -0.2) is 34.7 Å². The second kappa shape index (κ2) is 9.31. The molecule has 5 heteroatoms. The number of H-pyrrole nitrogens is 1. The molecule has 0 radical (unpaired) electrons. The van der Waals surface area contributed by atoms with E-state index in [-0.39, 0.29) is 17.2 Å². The van der Waals surface area contributed by atoms with Gasteiger partial charge in [-0.1, -0.05) is 36.4 Å². The zero-order valence-corrected chi connectivity index (χ0v) is 15.5. The molecule has 27 heavy (non-hydrogen) atoms. The Kier molecular flexibility index (Phi) is 6.58. The molecule has 1 aromatic carbocycles. The van der Waals surface area contributed by atoms with Gasteiger partial charge in [0.25, 0.3) is 0 Å². The number of piperidine rings is 1. The molecular weight excluding hydrogens is 340 g/mol. The van der Waals surface area contributed by atoms with Crippen LogP contribution in [0.3, 0.4) is 0 Å². The van der Waals surface area contributed by atoms with E-state index in [1.807, 2.05) is 41.3 Å². The average Bonchev–Trinajstić information content (AvgIpc) is 2.71. The zero-order valence-electron chi connectivity index (χ0n) is 15.5. The third kappa shape index (κ3) is 5.64. The number of likely N-dealkylation sites (tertiary alicyclic amines) is 1. The number of carbonyl (C=O) groups excluding carboxylic acids is 2. The molecule has 2 aromatic rings. The summed E-state index contributed by atoms with van der Waals surface area (Å²) in [5, 5.41) is 0. The standard InChI is InChI=1S/C22H26N2O3/c25-20(19-5-2-1-3-6-19)7-4-8-22(27)24-13-11-17(12-14-24)15-18-9-10-21(26)23-16-18/h1-3,5-6,9-10,16-17H,4,7-8,11-15H2,(H,23,26). The summed E-state index contributed by atoms with van der Waals surface area (Å²) < 4.78 is 0. The predicted molar refractivity (Wildman–Crippen MR) is 105 cm³/mol. The minimum atomic E-state index is -0.0788. The summed E-state index contributed by atoms with van der Waals surface area (Å²) in [6, 6.07) is 12.7. The molecule has 0 saturated carbocycles. The third-order valence-electron chi connectivity index (χ3n) is 5.23. The lowest BCUT2D eigenvalue weighted by Gasteiger charge is -2.32. The van der Waals surface area contributed by atoms with Gasteiger partial charge in [-0.05, 0) is 37.2 Å². The van der Waals surface area contributed by atoms with Crippen molar-refractivity contribution in [2.45, 2.75) is 38.5 Å².